The van der Waals surface area contributed by atoms with E-state index in [0.717, 1.165) is 29.0 Å². The summed E-state index contributed by atoms with van der Waals surface area (Å²) in [5.41, 5.74) is 4.44. The third kappa shape index (κ3) is 3.72. The highest BCUT2D eigenvalue weighted by Crippen LogP contribution is 2.22. The molecule has 132 valence electrons. The van der Waals surface area contributed by atoms with Crippen LogP contribution in [0, 0.1) is 13.8 Å². The summed E-state index contributed by atoms with van der Waals surface area (Å²) in [6, 6.07) is 15.8. The van der Waals surface area contributed by atoms with Crippen LogP contribution >= 0.6 is 0 Å². The Balaban J connectivity index is 1.78. The first-order valence-corrected chi connectivity index (χ1v) is 8.62. The maximum absolute atomic E-state index is 12.5. The molecule has 1 heterocycles. The van der Waals surface area contributed by atoms with Crippen molar-refractivity contribution in [3.63, 3.8) is 0 Å². The number of nitrogens with zero attached hydrogens (tertiary/aromatic N) is 3. The molecule has 0 radical (unpaired) electrons. The molecule has 5 heteroatoms. The number of carbonyl (C=O) groups is 1. The number of hydrogen-bond donors (Lipinski definition) is 1. The fraction of sp³-hybridized carbons (Fsp3) is 0.190. The molecule has 5 nitrogen and oxygen atoms in total. The number of nitrogens with one attached hydrogen (secondary N) is 1. The number of benzene rings is 2. The zero-order valence-electron chi connectivity index (χ0n) is 15.2. The number of rotatable bonds is 5. The summed E-state index contributed by atoms with van der Waals surface area (Å²) in [6.07, 6.45) is 3.13. The molecule has 3 rings (SSSR count). The molecule has 0 atom stereocenters. The van der Waals surface area contributed by atoms with E-state index in [-0.39, 0.29) is 5.91 Å². The molecule has 0 aliphatic heterocycles. The van der Waals surface area contributed by atoms with Gasteiger partial charge in [-0.2, -0.15) is 0 Å². The Morgan fingerprint density at radius 1 is 1.00 bits per heavy atom. The number of aromatic nitrogens is 2. The average molecular weight is 346 g/mol. The quantitative estimate of drug-likeness (QED) is 0.739. The lowest BCUT2D eigenvalue weighted by Gasteiger charge is -2.20. The second-order valence-electron chi connectivity index (χ2n) is 6.05. The van der Waals surface area contributed by atoms with Crippen molar-refractivity contribution in [1.82, 2.24) is 9.97 Å². The topological polar surface area (TPSA) is 58.1 Å². The van der Waals surface area contributed by atoms with Gasteiger partial charge in [0.1, 0.15) is 0 Å². The van der Waals surface area contributed by atoms with Gasteiger partial charge in [-0.3, -0.25) is 4.79 Å². The van der Waals surface area contributed by atoms with E-state index in [1.807, 2.05) is 74.2 Å². The van der Waals surface area contributed by atoms with E-state index in [1.54, 1.807) is 12.4 Å². The molecule has 3 aromatic rings. The lowest BCUT2D eigenvalue weighted by molar-refractivity contribution is 0.102. The van der Waals surface area contributed by atoms with Crippen LogP contribution in [0.25, 0.3) is 0 Å². The van der Waals surface area contributed by atoms with Gasteiger partial charge in [0.25, 0.3) is 5.91 Å². The molecule has 1 aromatic heterocycles. The zero-order valence-corrected chi connectivity index (χ0v) is 15.2. The van der Waals surface area contributed by atoms with Crippen LogP contribution in [-0.4, -0.2) is 22.4 Å². The average Bonchev–Trinajstić information content (AvgIpc) is 2.67. The third-order valence-corrected chi connectivity index (χ3v) is 4.38. The second-order valence-corrected chi connectivity index (χ2v) is 6.05. The number of carbonyl (C=O) groups excluding carboxylic acids is 1. The molecule has 0 saturated heterocycles. The highest BCUT2D eigenvalue weighted by Gasteiger charge is 2.13. The Morgan fingerprint density at radius 2 is 1.69 bits per heavy atom. The van der Waals surface area contributed by atoms with Crippen molar-refractivity contribution in [2.75, 3.05) is 16.8 Å². The zero-order chi connectivity index (χ0) is 18.5. The molecule has 1 amide bonds. The van der Waals surface area contributed by atoms with Crippen LogP contribution in [0.1, 0.15) is 28.4 Å². The Kier molecular flexibility index (Phi) is 5.27. The van der Waals surface area contributed by atoms with Gasteiger partial charge in [0, 0.05) is 30.3 Å². The van der Waals surface area contributed by atoms with Gasteiger partial charge < -0.3 is 10.2 Å². The summed E-state index contributed by atoms with van der Waals surface area (Å²) in [4.78, 5) is 23.3. The highest BCUT2D eigenvalue weighted by molar-refractivity contribution is 6.04. The third-order valence-electron chi connectivity index (χ3n) is 4.38. The molecule has 2 aromatic carbocycles. The molecule has 0 unspecified atom stereocenters. The van der Waals surface area contributed by atoms with Crippen LogP contribution < -0.4 is 10.2 Å². The summed E-state index contributed by atoms with van der Waals surface area (Å²) in [7, 11) is 0. The van der Waals surface area contributed by atoms with Crippen LogP contribution in [0.4, 0.5) is 17.3 Å². The SMILES string of the molecule is CCN(c1ccccc1)c1ncc(C(=O)Nc2cccc(C)c2C)cn1. The van der Waals surface area contributed by atoms with Gasteiger partial charge in [0.05, 0.1) is 5.56 Å². The van der Waals surface area contributed by atoms with E-state index in [4.69, 9.17) is 0 Å². The number of aryl methyl sites for hydroxylation is 1. The molecule has 0 fully saturated rings. The van der Waals surface area contributed by atoms with E-state index in [9.17, 15) is 4.79 Å². The van der Waals surface area contributed by atoms with Gasteiger partial charge in [0.2, 0.25) is 5.95 Å². The van der Waals surface area contributed by atoms with Crippen LogP contribution in [0.15, 0.2) is 60.9 Å². The van der Waals surface area contributed by atoms with Gasteiger partial charge in [-0.25, -0.2) is 9.97 Å². The predicted octanol–water partition coefficient (Wildman–Crippen LogP) is 4.50. The Hall–Kier alpha value is -3.21. The largest absolute Gasteiger partial charge is 0.322 e. The van der Waals surface area contributed by atoms with Crippen molar-refractivity contribution >= 4 is 23.2 Å². The second kappa shape index (κ2) is 7.78. The molecule has 1 N–H and O–H groups in total. The van der Waals surface area contributed by atoms with Gasteiger partial charge in [0.15, 0.2) is 0 Å². The highest BCUT2D eigenvalue weighted by atomic mass is 16.1. The van der Waals surface area contributed by atoms with Crippen molar-refractivity contribution < 1.29 is 4.79 Å². The molecular weight excluding hydrogens is 324 g/mol. The first kappa shape index (κ1) is 17.6. The standard InChI is InChI=1S/C21H22N4O/c1-4-25(18-10-6-5-7-11-18)21-22-13-17(14-23-21)20(26)24-19-12-8-9-15(2)16(19)3/h5-14H,4H2,1-3H3,(H,24,26). The molecular formula is C21H22N4O. The first-order chi connectivity index (χ1) is 12.6. The minimum Gasteiger partial charge on any atom is -0.322 e. The Morgan fingerprint density at radius 3 is 2.35 bits per heavy atom. The number of amides is 1. The number of hydrogen-bond acceptors (Lipinski definition) is 4. The molecule has 0 spiro atoms. The number of para-hydroxylation sites is 1. The van der Waals surface area contributed by atoms with Gasteiger partial charge >= 0.3 is 0 Å². The summed E-state index contributed by atoms with van der Waals surface area (Å²) in [5.74, 6) is 0.356. The van der Waals surface area contributed by atoms with E-state index >= 15 is 0 Å². The van der Waals surface area contributed by atoms with Crippen molar-refractivity contribution in [2.24, 2.45) is 0 Å². The molecule has 0 bridgehead atoms. The van der Waals surface area contributed by atoms with Crippen LogP contribution in [0.3, 0.4) is 0 Å². The molecule has 0 saturated carbocycles. The fourth-order valence-corrected chi connectivity index (χ4v) is 2.71. The van der Waals surface area contributed by atoms with Crippen LogP contribution in [0.5, 0.6) is 0 Å². The van der Waals surface area contributed by atoms with E-state index in [1.165, 1.54) is 0 Å². The predicted molar refractivity (Wildman–Crippen MR) is 105 cm³/mol. The minimum atomic E-state index is -0.215. The first-order valence-electron chi connectivity index (χ1n) is 8.62. The van der Waals surface area contributed by atoms with Crippen molar-refractivity contribution in [1.29, 1.82) is 0 Å². The Labute approximate surface area is 153 Å². The lowest BCUT2D eigenvalue weighted by Crippen LogP contribution is -2.20. The Bertz CT molecular complexity index is 892. The smallest absolute Gasteiger partial charge is 0.258 e. The number of anilines is 3. The summed E-state index contributed by atoms with van der Waals surface area (Å²) in [6.45, 7) is 6.78. The van der Waals surface area contributed by atoms with E-state index in [2.05, 4.69) is 15.3 Å². The summed E-state index contributed by atoms with van der Waals surface area (Å²) < 4.78 is 0. The lowest BCUT2D eigenvalue weighted by atomic mass is 10.1. The molecule has 0 aliphatic carbocycles. The van der Waals surface area contributed by atoms with Gasteiger partial charge in [-0.1, -0.05) is 30.3 Å². The maximum atomic E-state index is 12.5. The van der Waals surface area contributed by atoms with Gasteiger partial charge in [-0.15, -0.1) is 0 Å². The van der Waals surface area contributed by atoms with Gasteiger partial charge in [-0.05, 0) is 50.1 Å². The maximum Gasteiger partial charge on any atom is 0.258 e. The summed E-state index contributed by atoms with van der Waals surface area (Å²) in [5, 5.41) is 2.93. The fourth-order valence-electron chi connectivity index (χ4n) is 2.71. The summed E-state index contributed by atoms with van der Waals surface area (Å²) >= 11 is 0. The van der Waals surface area contributed by atoms with E-state index < -0.39 is 0 Å². The van der Waals surface area contributed by atoms with Crippen molar-refractivity contribution in [3.05, 3.63) is 77.6 Å². The van der Waals surface area contributed by atoms with E-state index in [0.29, 0.717) is 11.5 Å². The molecule has 0 aliphatic rings. The van der Waals surface area contributed by atoms with Crippen LogP contribution in [0.2, 0.25) is 0 Å². The minimum absolute atomic E-state index is 0.215. The van der Waals surface area contributed by atoms with Crippen molar-refractivity contribution in [3.8, 4) is 0 Å². The van der Waals surface area contributed by atoms with Crippen LogP contribution in [-0.2, 0) is 0 Å². The normalized spacial score (nSPS) is 10.4. The molecule has 26 heavy (non-hydrogen) atoms. The monoisotopic (exact) mass is 346 g/mol. The van der Waals surface area contributed by atoms with Crippen molar-refractivity contribution in [2.45, 2.75) is 20.8 Å².